The standard InChI is InChI=1S/C10H9N3O4/c14-5-6-2-1-3-13-9(6)11-7(4-8(15)16)10(13)12-17/h1-3,14H,4-5H2,(H,15,16). The van der Waals surface area contributed by atoms with Crippen molar-refractivity contribution in [3.8, 4) is 0 Å². The fourth-order valence-corrected chi connectivity index (χ4v) is 1.64. The van der Waals surface area contributed by atoms with Gasteiger partial charge in [0.25, 0.3) is 0 Å². The molecule has 2 aromatic heterocycles. The monoisotopic (exact) mass is 235 g/mol. The highest BCUT2D eigenvalue weighted by atomic mass is 16.4. The maximum Gasteiger partial charge on any atom is 0.309 e. The third-order valence-corrected chi connectivity index (χ3v) is 2.35. The Morgan fingerprint density at radius 2 is 2.29 bits per heavy atom. The summed E-state index contributed by atoms with van der Waals surface area (Å²) in [6.07, 6.45) is 1.16. The zero-order chi connectivity index (χ0) is 12.4. The molecule has 0 aliphatic rings. The molecule has 2 rings (SSSR count). The fourth-order valence-electron chi connectivity index (χ4n) is 1.64. The number of imidazole rings is 1. The van der Waals surface area contributed by atoms with Crippen molar-refractivity contribution in [1.82, 2.24) is 9.38 Å². The molecule has 17 heavy (non-hydrogen) atoms. The van der Waals surface area contributed by atoms with E-state index in [0.717, 1.165) is 0 Å². The number of fused-ring (bicyclic) bond motifs is 1. The summed E-state index contributed by atoms with van der Waals surface area (Å²) in [4.78, 5) is 25.4. The Morgan fingerprint density at radius 1 is 1.53 bits per heavy atom. The van der Waals surface area contributed by atoms with E-state index < -0.39 is 5.97 Å². The fraction of sp³-hybridized carbons (Fsp3) is 0.200. The number of aliphatic hydroxyl groups excluding tert-OH is 1. The van der Waals surface area contributed by atoms with Crippen molar-refractivity contribution in [2.45, 2.75) is 13.0 Å². The van der Waals surface area contributed by atoms with Crippen LogP contribution >= 0.6 is 0 Å². The molecule has 0 aliphatic carbocycles. The van der Waals surface area contributed by atoms with E-state index in [2.05, 4.69) is 10.2 Å². The first kappa shape index (κ1) is 11.2. The van der Waals surface area contributed by atoms with E-state index >= 15 is 0 Å². The van der Waals surface area contributed by atoms with Crippen molar-refractivity contribution in [3.05, 3.63) is 34.5 Å². The maximum absolute atomic E-state index is 10.7. The van der Waals surface area contributed by atoms with Gasteiger partial charge in [0.05, 0.1) is 13.0 Å². The van der Waals surface area contributed by atoms with E-state index in [1.807, 2.05) is 0 Å². The second-order valence-corrected chi connectivity index (χ2v) is 3.43. The van der Waals surface area contributed by atoms with Crippen LogP contribution in [0.5, 0.6) is 0 Å². The summed E-state index contributed by atoms with van der Waals surface area (Å²) >= 11 is 0. The van der Waals surface area contributed by atoms with Crippen LogP contribution in [0, 0.1) is 4.91 Å². The summed E-state index contributed by atoms with van der Waals surface area (Å²) in [5.74, 6) is -1.14. The molecule has 7 nitrogen and oxygen atoms in total. The van der Waals surface area contributed by atoms with E-state index in [-0.39, 0.29) is 24.5 Å². The molecule has 0 amide bonds. The van der Waals surface area contributed by atoms with E-state index in [4.69, 9.17) is 10.2 Å². The van der Waals surface area contributed by atoms with Gasteiger partial charge >= 0.3 is 5.97 Å². The molecule has 88 valence electrons. The molecule has 0 saturated heterocycles. The smallest absolute Gasteiger partial charge is 0.309 e. The van der Waals surface area contributed by atoms with Crippen LogP contribution in [0.2, 0.25) is 0 Å². The molecule has 0 bridgehead atoms. The number of pyridine rings is 1. The van der Waals surface area contributed by atoms with Crippen LogP contribution < -0.4 is 0 Å². The quantitative estimate of drug-likeness (QED) is 0.764. The summed E-state index contributed by atoms with van der Waals surface area (Å²) in [7, 11) is 0. The first-order chi connectivity index (χ1) is 8.17. The van der Waals surface area contributed by atoms with Crippen molar-refractivity contribution in [3.63, 3.8) is 0 Å². The largest absolute Gasteiger partial charge is 0.481 e. The first-order valence-corrected chi connectivity index (χ1v) is 4.82. The maximum atomic E-state index is 10.7. The summed E-state index contributed by atoms with van der Waals surface area (Å²) in [5.41, 5.74) is 0.947. The minimum absolute atomic E-state index is 0.0438. The molecule has 2 aromatic rings. The Morgan fingerprint density at radius 3 is 2.88 bits per heavy atom. The number of nitroso groups, excluding NO2 is 1. The number of rotatable bonds is 4. The van der Waals surface area contributed by atoms with Gasteiger partial charge in [-0.05, 0) is 11.2 Å². The summed E-state index contributed by atoms with van der Waals surface area (Å²) in [6.45, 7) is -0.244. The molecular formula is C10H9N3O4. The Labute approximate surface area is 95.3 Å². The molecule has 0 unspecified atom stereocenters. The van der Waals surface area contributed by atoms with Crippen molar-refractivity contribution in [2.24, 2.45) is 5.18 Å². The van der Waals surface area contributed by atoms with Crippen LogP contribution in [-0.2, 0) is 17.8 Å². The van der Waals surface area contributed by atoms with Crippen LogP contribution in [0.1, 0.15) is 11.3 Å². The lowest BCUT2D eigenvalue weighted by atomic mass is 10.3. The van der Waals surface area contributed by atoms with Gasteiger partial charge in [-0.3, -0.25) is 9.20 Å². The van der Waals surface area contributed by atoms with E-state index in [1.165, 1.54) is 4.40 Å². The number of hydrogen-bond acceptors (Lipinski definition) is 5. The number of carboxylic acids is 1. The zero-order valence-electron chi connectivity index (χ0n) is 8.70. The highest BCUT2D eigenvalue weighted by molar-refractivity contribution is 5.72. The van der Waals surface area contributed by atoms with Crippen molar-refractivity contribution < 1.29 is 15.0 Å². The number of aliphatic carboxylic acids is 1. The summed E-state index contributed by atoms with van der Waals surface area (Å²) in [5, 5.41) is 20.6. The van der Waals surface area contributed by atoms with Gasteiger partial charge < -0.3 is 10.2 Å². The van der Waals surface area contributed by atoms with Crippen molar-refractivity contribution >= 4 is 17.4 Å². The van der Waals surface area contributed by atoms with E-state index in [9.17, 15) is 9.70 Å². The number of aromatic nitrogens is 2. The van der Waals surface area contributed by atoms with Crippen LogP contribution in [0.3, 0.4) is 0 Å². The molecule has 0 aliphatic heterocycles. The normalized spacial score (nSPS) is 10.6. The number of nitrogens with zero attached hydrogens (tertiary/aromatic N) is 3. The number of carboxylic acid groups (broad SMARTS) is 1. The van der Waals surface area contributed by atoms with Gasteiger partial charge in [0.15, 0.2) is 0 Å². The molecule has 0 fully saturated rings. The van der Waals surface area contributed by atoms with Gasteiger partial charge in [0.1, 0.15) is 11.3 Å². The lowest BCUT2D eigenvalue weighted by molar-refractivity contribution is -0.136. The molecule has 0 radical (unpaired) electrons. The number of aliphatic hydroxyl groups is 1. The minimum atomic E-state index is -1.09. The molecule has 2 heterocycles. The van der Waals surface area contributed by atoms with Crippen molar-refractivity contribution in [2.75, 3.05) is 0 Å². The van der Waals surface area contributed by atoms with E-state index in [0.29, 0.717) is 11.2 Å². The van der Waals surface area contributed by atoms with Gasteiger partial charge in [-0.1, -0.05) is 6.07 Å². The van der Waals surface area contributed by atoms with Crippen LogP contribution in [0.15, 0.2) is 23.5 Å². The Kier molecular flexibility index (Phi) is 2.84. The molecule has 0 aromatic carbocycles. The molecule has 0 saturated carbocycles. The number of carbonyl (C=O) groups is 1. The van der Waals surface area contributed by atoms with Crippen LogP contribution in [0.4, 0.5) is 5.82 Å². The lowest BCUT2D eigenvalue weighted by Crippen LogP contribution is -2.00. The van der Waals surface area contributed by atoms with Gasteiger partial charge in [-0.15, -0.1) is 4.91 Å². The topological polar surface area (TPSA) is 104 Å². The lowest BCUT2D eigenvalue weighted by Gasteiger charge is -1.98. The highest BCUT2D eigenvalue weighted by Crippen LogP contribution is 2.23. The highest BCUT2D eigenvalue weighted by Gasteiger charge is 2.17. The first-order valence-electron chi connectivity index (χ1n) is 4.82. The second kappa shape index (κ2) is 4.30. The molecular weight excluding hydrogens is 226 g/mol. The zero-order valence-corrected chi connectivity index (χ0v) is 8.70. The predicted molar refractivity (Wildman–Crippen MR) is 57.9 cm³/mol. The van der Waals surface area contributed by atoms with Gasteiger partial charge in [-0.25, -0.2) is 4.98 Å². The van der Waals surface area contributed by atoms with Crippen LogP contribution in [0.25, 0.3) is 5.65 Å². The van der Waals surface area contributed by atoms with Gasteiger partial charge in [0.2, 0.25) is 5.82 Å². The van der Waals surface area contributed by atoms with Gasteiger partial charge in [-0.2, -0.15) is 0 Å². The Hall–Kier alpha value is -2.28. The van der Waals surface area contributed by atoms with Gasteiger partial charge in [0, 0.05) is 11.8 Å². The Balaban J connectivity index is 2.69. The molecule has 0 atom stereocenters. The minimum Gasteiger partial charge on any atom is -0.481 e. The predicted octanol–water partition coefficient (Wildman–Crippen LogP) is 0.852. The van der Waals surface area contributed by atoms with E-state index in [1.54, 1.807) is 18.3 Å². The summed E-state index contributed by atoms with van der Waals surface area (Å²) in [6, 6.07) is 3.26. The average Bonchev–Trinajstić information content (AvgIpc) is 2.64. The number of hydrogen-bond donors (Lipinski definition) is 2. The summed E-state index contributed by atoms with van der Waals surface area (Å²) < 4.78 is 1.37. The third-order valence-electron chi connectivity index (χ3n) is 2.35. The third kappa shape index (κ3) is 1.87. The molecule has 2 N–H and O–H groups in total. The second-order valence-electron chi connectivity index (χ2n) is 3.43. The molecule has 7 heteroatoms. The average molecular weight is 235 g/mol. The Bertz CT molecular complexity index is 590. The van der Waals surface area contributed by atoms with Crippen molar-refractivity contribution in [1.29, 1.82) is 0 Å². The molecule has 0 spiro atoms. The van der Waals surface area contributed by atoms with Crippen LogP contribution in [-0.4, -0.2) is 25.6 Å². The SMILES string of the molecule is O=Nc1c(CC(=O)O)nc2c(CO)cccn12.